The van der Waals surface area contributed by atoms with Crippen LogP contribution in [0.25, 0.3) is 0 Å². The van der Waals surface area contributed by atoms with Gasteiger partial charge in [0, 0.05) is 12.1 Å². The molecule has 1 aromatic carbocycles. The maximum absolute atomic E-state index is 2.54. The maximum Gasteiger partial charge on any atom is 0.0507 e. The van der Waals surface area contributed by atoms with Crippen molar-refractivity contribution in [1.29, 1.82) is 0 Å². The van der Waals surface area contributed by atoms with Crippen molar-refractivity contribution >= 4 is 0 Å². The molecule has 1 nitrogen and oxygen atoms in total. The van der Waals surface area contributed by atoms with E-state index in [2.05, 4.69) is 56.0 Å². The standard InChI is InChI=1S/C12H17N/c1-9(2)13-10(3)12(13)11-7-5-4-6-8-11/h4-10,12H,1-3H3/t10-,12+,13?/m1/s1. The lowest BCUT2D eigenvalue weighted by Gasteiger charge is -2.06. The van der Waals surface area contributed by atoms with E-state index in [-0.39, 0.29) is 0 Å². The third kappa shape index (κ3) is 1.49. The third-order valence-electron chi connectivity index (χ3n) is 2.90. The van der Waals surface area contributed by atoms with Crippen LogP contribution < -0.4 is 0 Å². The number of benzene rings is 1. The van der Waals surface area contributed by atoms with Gasteiger partial charge in [0.25, 0.3) is 0 Å². The topological polar surface area (TPSA) is 3.01 Å². The molecule has 70 valence electrons. The van der Waals surface area contributed by atoms with E-state index in [4.69, 9.17) is 0 Å². The Morgan fingerprint density at radius 2 is 1.77 bits per heavy atom. The summed E-state index contributed by atoms with van der Waals surface area (Å²) in [5, 5.41) is 0. The van der Waals surface area contributed by atoms with Crippen LogP contribution in [0.2, 0.25) is 0 Å². The molecule has 3 atom stereocenters. The van der Waals surface area contributed by atoms with E-state index in [1.54, 1.807) is 0 Å². The molecule has 0 N–H and O–H groups in total. The van der Waals surface area contributed by atoms with E-state index < -0.39 is 0 Å². The molecule has 1 unspecified atom stereocenters. The predicted octanol–water partition coefficient (Wildman–Crippen LogP) is 2.84. The van der Waals surface area contributed by atoms with Crippen molar-refractivity contribution in [2.75, 3.05) is 0 Å². The minimum atomic E-state index is 0.667. The molecule has 0 aliphatic carbocycles. The first-order chi connectivity index (χ1) is 6.22. The summed E-state index contributed by atoms with van der Waals surface area (Å²) < 4.78 is 0. The third-order valence-corrected chi connectivity index (χ3v) is 2.90. The average Bonchev–Trinajstić information content (AvgIpc) is 2.79. The largest absolute Gasteiger partial charge is 0.288 e. The van der Waals surface area contributed by atoms with Gasteiger partial charge in [0.2, 0.25) is 0 Å². The fourth-order valence-corrected chi connectivity index (χ4v) is 2.26. The number of nitrogens with zero attached hydrogens (tertiary/aromatic N) is 1. The van der Waals surface area contributed by atoms with Crippen LogP contribution in [0, 0.1) is 0 Å². The van der Waals surface area contributed by atoms with Crippen LogP contribution in [0.5, 0.6) is 0 Å². The molecule has 1 aromatic rings. The Bertz CT molecular complexity index is 278. The molecule has 1 heterocycles. The summed E-state index contributed by atoms with van der Waals surface area (Å²) in [5.41, 5.74) is 1.46. The summed E-state index contributed by atoms with van der Waals surface area (Å²) in [4.78, 5) is 2.54. The number of rotatable bonds is 2. The van der Waals surface area contributed by atoms with Gasteiger partial charge in [-0.25, -0.2) is 0 Å². The van der Waals surface area contributed by atoms with Gasteiger partial charge in [-0.05, 0) is 26.3 Å². The van der Waals surface area contributed by atoms with Crippen molar-refractivity contribution in [3.8, 4) is 0 Å². The summed E-state index contributed by atoms with van der Waals surface area (Å²) in [7, 11) is 0. The Morgan fingerprint density at radius 1 is 1.15 bits per heavy atom. The van der Waals surface area contributed by atoms with Crippen molar-refractivity contribution < 1.29 is 0 Å². The summed E-state index contributed by atoms with van der Waals surface area (Å²) in [6.07, 6.45) is 0. The normalized spacial score (nSPS) is 32.2. The van der Waals surface area contributed by atoms with Crippen LogP contribution in [-0.4, -0.2) is 17.0 Å². The molecule has 0 radical (unpaired) electrons. The van der Waals surface area contributed by atoms with Gasteiger partial charge in [-0.15, -0.1) is 0 Å². The average molecular weight is 175 g/mol. The first kappa shape index (κ1) is 8.76. The molecule has 0 amide bonds. The zero-order chi connectivity index (χ0) is 9.42. The summed E-state index contributed by atoms with van der Waals surface area (Å²) in [6, 6.07) is 12.8. The molecule has 0 bridgehead atoms. The highest BCUT2D eigenvalue weighted by molar-refractivity contribution is 5.26. The van der Waals surface area contributed by atoms with Crippen molar-refractivity contribution in [2.45, 2.75) is 38.9 Å². The van der Waals surface area contributed by atoms with E-state index in [9.17, 15) is 0 Å². The molecule has 0 saturated carbocycles. The maximum atomic E-state index is 2.54. The smallest absolute Gasteiger partial charge is 0.0507 e. The fourth-order valence-electron chi connectivity index (χ4n) is 2.26. The van der Waals surface area contributed by atoms with Gasteiger partial charge in [-0.1, -0.05) is 30.3 Å². The highest BCUT2D eigenvalue weighted by atomic mass is 15.4. The molecule has 1 fully saturated rings. The Morgan fingerprint density at radius 3 is 2.23 bits per heavy atom. The first-order valence-corrected chi connectivity index (χ1v) is 5.04. The Kier molecular flexibility index (Phi) is 2.12. The van der Waals surface area contributed by atoms with E-state index >= 15 is 0 Å². The van der Waals surface area contributed by atoms with Gasteiger partial charge in [-0.2, -0.15) is 0 Å². The quantitative estimate of drug-likeness (QED) is 0.625. The van der Waals surface area contributed by atoms with Gasteiger partial charge >= 0.3 is 0 Å². The lowest BCUT2D eigenvalue weighted by atomic mass is 10.1. The summed E-state index contributed by atoms with van der Waals surface area (Å²) in [6.45, 7) is 6.83. The predicted molar refractivity (Wildman–Crippen MR) is 55.6 cm³/mol. The van der Waals surface area contributed by atoms with Crippen LogP contribution >= 0.6 is 0 Å². The SMILES string of the molecule is CC(C)N1[C@H](C)[C@H]1c1ccccc1. The van der Waals surface area contributed by atoms with Crippen LogP contribution in [0.4, 0.5) is 0 Å². The fraction of sp³-hybridized carbons (Fsp3) is 0.500. The van der Waals surface area contributed by atoms with Gasteiger partial charge in [0.05, 0.1) is 6.04 Å². The van der Waals surface area contributed by atoms with Crippen LogP contribution in [0.1, 0.15) is 32.4 Å². The second-order valence-electron chi connectivity index (χ2n) is 4.14. The monoisotopic (exact) mass is 175 g/mol. The van der Waals surface area contributed by atoms with E-state index in [1.165, 1.54) is 5.56 Å². The second kappa shape index (κ2) is 3.15. The zero-order valence-corrected chi connectivity index (χ0v) is 8.57. The summed E-state index contributed by atoms with van der Waals surface area (Å²) in [5.74, 6) is 0. The molecule has 13 heavy (non-hydrogen) atoms. The Hall–Kier alpha value is -0.820. The molecule has 0 spiro atoms. The number of hydrogen-bond acceptors (Lipinski definition) is 1. The van der Waals surface area contributed by atoms with Crippen molar-refractivity contribution in [2.24, 2.45) is 0 Å². The molecule has 1 saturated heterocycles. The molecule has 2 rings (SSSR count). The van der Waals surface area contributed by atoms with E-state index in [0.29, 0.717) is 12.1 Å². The van der Waals surface area contributed by atoms with Crippen molar-refractivity contribution in [3.05, 3.63) is 35.9 Å². The lowest BCUT2D eigenvalue weighted by Crippen LogP contribution is -2.10. The molecule has 1 aliphatic heterocycles. The van der Waals surface area contributed by atoms with E-state index in [0.717, 1.165) is 6.04 Å². The summed E-state index contributed by atoms with van der Waals surface area (Å²) >= 11 is 0. The van der Waals surface area contributed by atoms with Crippen molar-refractivity contribution in [3.63, 3.8) is 0 Å². The Labute approximate surface area is 80.4 Å². The van der Waals surface area contributed by atoms with Crippen LogP contribution in [-0.2, 0) is 0 Å². The van der Waals surface area contributed by atoms with Gasteiger partial charge in [0.1, 0.15) is 0 Å². The second-order valence-corrected chi connectivity index (χ2v) is 4.14. The number of hydrogen-bond donors (Lipinski definition) is 0. The molecule has 1 heteroatoms. The van der Waals surface area contributed by atoms with Gasteiger partial charge in [-0.3, -0.25) is 4.90 Å². The lowest BCUT2D eigenvalue weighted by molar-refractivity contribution is 0.404. The van der Waals surface area contributed by atoms with Gasteiger partial charge < -0.3 is 0 Å². The van der Waals surface area contributed by atoms with Crippen LogP contribution in [0.15, 0.2) is 30.3 Å². The minimum Gasteiger partial charge on any atom is -0.288 e. The highest BCUT2D eigenvalue weighted by Crippen LogP contribution is 2.44. The zero-order valence-electron chi connectivity index (χ0n) is 8.57. The molecular weight excluding hydrogens is 158 g/mol. The molecule has 0 aromatic heterocycles. The van der Waals surface area contributed by atoms with Gasteiger partial charge in [0.15, 0.2) is 0 Å². The van der Waals surface area contributed by atoms with Crippen LogP contribution in [0.3, 0.4) is 0 Å². The van der Waals surface area contributed by atoms with Crippen molar-refractivity contribution in [1.82, 2.24) is 4.90 Å². The highest BCUT2D eigenvalue weighted by Gasteiger charge is 2.45. The minimum absolute atomic E-state index is 0.667. The molecular formula is C12H17N. The first-order valence-electron chi connectivity index (χ1n) is 5.04. The molecule has 1 aliphatic rings. The van der Waals surface area contributed by atoms with E-state index in [1.807, 2.05) is 0 Å². The Balaban J connectivity index is 2.14.